The highest BCUT2D eigenvalue weighted by atomic mass is 16.1. The summed E-state index contributed by atoms with van der Waals surface area (Å²) >= 11 is 0. The van der Waals surface area contributed by atoms with Crippen LogP contribution in [0.5, 0.6) is 0 Å². The summed E-state index contributed by atoms with van der Waals surface area (Å²) in [7, 11) is 0. The van der Waals surface area contributed by atoms with Gasteiger partial charge in [-0.05, 0) is 17.7 Å². The fourth-order valence-electron chi connectivity index (χ4n) is 1.44. The van der Waals surface area contributed by atoms with Gasteiger partial charge >= 0.3 is 0 Å². The van der Waals surface area contributed by atoms with Gasteiger partial charge in [0.15, 0.2) is 0 Å². The molecule has 0 saturated carbocycles. The first-order chi connectivity index (χ1) is 7.81. The molecule has 2 aromatic rings. The number of allylic oxidation sites excluding steroid dienone is 1. The van der Waals surface area contributed by atoms with Gasteiger partial charge in [-0.1, -0.05) is 18.2 Å². The van der Waals surface area contributed by atoms with Crippen molar-refractivity contribution in [3.63, 3.8) is 0 Å². The van der Waals surface area contributed by atoms with Crippen LogP contribution in [0.15, 0.2) is 35.4 Å². The maximum atomic E-state index is 11.4. The summed E-state index contributed by atoms with van der Waals surface area (Å²) in [5, 5.41) is 8.96. The molecular weight excluding hydrogens is 202 g/mol. The van der Waals surface area contributed by atoms with Crippen LogP contribution in [-0.2, 0) is 0 Å². The van der Waals surface area contributed by atoms with Crippen LogP contribution in [0, 0.1) is 11.3 Å². The summed E-state index contributed by atoms with van der Waals surface area (Å²) in [6.07, 6.45) is 5.37. The summed E-state index contributed by atoms with van der Waals surface area (Å²) in [5.41, 5.74) is 1.45. The molecule has 1 aromatic heterocycles. The Morgan fingerprint density at radius 3 is 3.19 bits per heavy atom. The standard InChI is InChI=1S/C12H9N3O/c13-6-2-1-3-9-4-5-10-11(7-9)14-8-15-12(10)16/h1,3-5,7-8H,2H2,(H,14,15,16). The number of rotatable bonds is 2. The van der Waals surface area contributed by atoms with E-state index in [9.17, 15) is 4.79 Å². The number of nitrogens with zero attached hydrogens (tertiary/aromatic N) is 2. The number of benzene rings is 1. The van der Waals surface area contributed by atoms with Gasteiger partial charge in [0.1, 0.15) is 0 Å². The third-order valence-corrected chi connectivity index (χ3v) is 2.19. The average molecular weight is 211 g/mol. The molecule has 0 spiro atoms. The largest absolute Gasteiger partial charge is 0.313 e. The van der Waals surface area contributed by atoms with E-state index >= 15 is 0 Å². The second-order valence-corrected chi connectivity index (χ2v) is 3.27. The lowest BCUT2D eigenvalue weighted by Crippen LogP contribution is -2.05. The summed E-state index contributed by atoms with van der Waals surface area (Å²) in [4.78, 5) is 18.0. The lowest BCUT2D eigenvalue weighted by molar-refractivity contribution is 1.17. The van der Waals surface area contributed by atoms with Crippen molar-refractivity contribution in [1.29, 1.82) is 5.26 Å². The molecule has 1 aromatic carbocycles. The molecule has 0 aliphatic rings. The van der Waals surface area contributed by atoms with E-state index in [1.165, 1.54) is 6.33 Å². The van der Waals surface area contributed by atoms with E-state index in [2.05, 4.69) is 9.97 Å². The van der Waals surface area contributed by atoms with Crippen LogP contribution in [-0.4, -0.2) is 9.97 Å². The molecule has 4 nitrogen and oxygen atoms in total. The van der Waals surface area contributed by atoms with E-state index < -0.39 is 0 Å². The maximum absolute atomic E-state index is 11.4. The zero-order valence-electron chi connectivity index (χ0n) is 8.47. The third-order valence-electron chi connectivity index (χ3n) is 2.19. The molecule has 0 saturated heterocycles. The second kappa shape index (κ2) is 4.41. The first kappa shape index (κ1) is 10.1. The molecule has 1 N–H and O–H groups in total. The minimum absolute atomic E-state index is 0.141. The van der Waals surface area contributed by atoms with E-state index in [-0.39, 0.29) is 5.56 Å². The fourth-order valence-corrected chi connectivity index (χ4v) is 1.44. The monoisotopic (exact) mass is 211 g/mol. The molecule has 78 valence electrons. The Labute approximate surface area is 91.9 Å². The molecule has 0 aliphatic heterocycles. The van der Waals surface area contributed by atoms with Crippen molar-refractivity contribution in [2.45, 2.75) is 6.42 Å². The molecule has 0 radical (unpaired) electrons. The topological polar surface area (TPSA) is 69.5 Å². The molecule has 2 rings (SSSR count). The van der Waals surface area contributed by atoms with Crippen molar-refractivity contribution in [1.82, 2.24) is 9.97 Å². The molecule has 0 amide bonds. The molecule has 4 heteroatoms. The van der Waals surface area contributed by atoms with Crippen LogP contribution in [0.3, 0.4) is 0 Å². The highest BCUT2D eigenvalue weighted by molar-refractivity contribution is 5.79. The Bertz CT molecular complexity index is 634. The van der Waals surface area contributed by atoms with Crippen LogP contribution in [0.2, 0.25) is 0 Å². The third kappa shape index (κ3) is 1.98. The van der Waals surface area contributed by atoms with Crippen molar-refractivity contribution < 1.29 is 0 Å². The number of fused-ring (bicyclic) bond motifs is 1. The maximum Gasteiger partial charge on any atom is 0.258 e. The predicted octanol–water partition coefficient (Wildman–Crippen LogP) is 1.85. The van der Waals surface area contributed by atoms with E-state index in [0.717, 1.165) is 5.56 Å². The molecular formula is C12H9N3O. The number of hydrogen-bond donors (Lipinski definition) is 1. The Kier molecular flexibility index (Phi) is 2.79. The number of aromatic amines is 1. The Balaban J connectivity index is 2.46. The summed E-state index contributed by atoms with van der Waals surface area (Å²) in [6, 6.07) is 7.40. The number of hydrogen-bond acceptors (Lipinski definition) is 3. The molecule has 0 atom stereocenters. The fraction of sp³-hybridized carbons (Fsp3) is 0.0833. The number of aromatic nitrogens is 2. The average Bonchev–Trinajstić information content (AvgIpc) is 2.30. The quantitative estimate of drug-likeness (QED) is 0.824. The van der Waals surface area contributed by atoms with Crippen molar-refractivity contribution in [3.8, 4) is 6.07 Å². The van der Waals surface area contributed by atoms with Gasteiger partial charge in [0.25, 0.3) is 5.56 Å². The van der Waals surface area contributed by atoms with Crippen molar-refractivity contribution in [2.75, 3.05) is 0 Å². The molecule has 0 bridgehead atoms. The highest BCUT2D eigenvalue weighted by Gasteiger charge is 1.98. The first-order valence-corrected chi connectivity index (χ1v) is 4.82. The van der Waals surface area contributed by atoms with E-state index in [4.69, 9.17) is 5.26 Å². The van der Waals surface area contributed by atoms with Gasteiger partial charge in [-0.3, -0.25) is 4.79 Å². The van der Waals surface area contributed by atoms with Crippen LogP contribution < -0.4 is 5.56 Å². The van der Waals surface area contributed by atoms with Gasteiger partial charge in [0.05, 0.1) is 29.7 Å². The van der Waals surface area contributed by atoms with Gasteiger partial charge in [-0.25, -0.2) is 4.98 Å². The van der Waals surface area contributed by atoms with E-state index in [1.54, 1.807) is 12.1 Å². The molecule has 0 aliphatic carbocycles. The van der Waals surface area contributed by atoms with Gasteiger partial charge in [0, 0.05) is 0 Å². The van der Waals surface area contributed by atoms with Crippen LogP contribution >= 0.6 is 0 Å². The summed E-state index contributed by atoms with van der Waals surface area (Å²) in [5.74, 6) is 0. The number of H-pyrrole nitrogens is 1. The summed E-state index contributed by atoms with van der Waals surface area (Å²) in [6.45, 7) is 0. The van der Waals surface area contributed by atoms with Crippen LogP contribution in [0.4, 0.5) is 0 Å². The highest BCUT2D eigenvalue weighted by Crippen LogP contribution is 2.10. The predicted molar refractivity (Wildman–Crippen MR) is 61.6 cm³/mol. The van der Waals surface area contributed by atoms with Crippen molar-refractivity contribution in [3.05, 3.63) is 46.5 Å². The smallest absolute Gasteiger partial charge is 0.258 e. The molecule has 16 heavy (non-hydrogen) atoms. The minimum Gasteiger partial charge on any atom is -0.313 e. The summed E-state index contributed by atoms with van der Waals surface area (Å²) < 4.78 is 0. The molecule has 0 unspecified atom stereocenters. The van der Waals surface area contributed by atoms with Crippen molar-refractivity contribution >= 4 is 17.0 Å². The van der Waals surface area contributed by atoms with Crippen LogP contribution in [0.25, 0.3) is 17.0 Å². The van der Waals surface area contributed by atoms with E-state index in [0.29, 0.717) is 17.3 Å². The molecule has 0 fully saturated rings. The van der Waals surface area contributed by atoms with Gasteiger partial charge in [-0.15, -0.1) is 0 Å². The zero-order valence-corrected chi connectivity index (χ0v) is 8.47. The second-order valence-electron chi connectivity index (χ2n) is 3.27. The van der Waals surface area contributed by atoms with Gasteiger partial charge in [0.2, 0.25) is 0 Å². The lowest BCUT2D eigenvalue weighted by atomic mass is 10.1. The Hall–Kier alpha value is -2.41. The first-order valence-electron chi connectivity index (χ1n) is 4.82. The number of nitrogens with one attached hydrogen (secondary N) is 1. The van der Waals surface area contributed by atoms with E-state index in [1.807, 2.05) is 24.3 Å². The Morgan fingerprint density at radius 2 is 2.38 bits per heavy atom. The SMILES string of the molecule is N#CCC=Cc1ccc2c(=O)[nH]cnc2c1. The van der Waals surface area contributed by atoms with Crippen LogP contribution in [0.1, 0.15) is 12.0 Å². The lowest BCUT2D eigenvalue weighted by Gasteiger charge is -1.97. The van der Waals surface area contributed by atoms with Gasteiger partial charge in [-0.2, -0.15) is 5.26 Å². The molecule has 1 heterocycles. The van der Waals surface area contributed by atoms with Gasteiger partial charge < -0.3 is 4.98 Å². The normalized spacial score (nSPS) is 10.7. The number of nitriles is 1. The van der Waals surface area contributed by atoms with Crippen molar-refractivity contribution in [2.24, 2.45) is 0 Å². The minimum atomic E-state index is -0.141. The Morgan fingerprint density at radius 1 is 1.50 bits per heavy atom. The zero-order chi connectivity index (χ0) is 11.4.